The van der Waals surface area contributed by atoms with Gasteiger partial charge in [-0.3, -0.25) is 4.79 Å². The Bertz CT molecular complexity index is 460. The second-order valence-corrected chi connectivity index (χ2v) is 5.30. The maximum Gasteiger partial charge on any atom is 0.248 e. The standard InChI is InChI=1S/C15H20O5/c1-10(16)14(18)11(17)6-5-9-15(2)19-12-7-3-4-8-13(12)20-15/h3-4,7-8,11,14,17-18H,5-6,9H2,1-2H3/t11-,14-/m1/s1. The summed E-state index contributed by atoms with van der Waals surface area (Å²) in [6, 6.07) is 7.44. The number of aliphatic hydroxyl groups excluding tert-OH is 2. The molecule has 1 aliphatic heterocycles. The summed E-state index contributed by atoms with van der Waals surface area (Å²) in [5.74, 6) is 0.230. The molecular weight excluding hydrogens is 260 g/mol. The van der Waals surface area contributed by atoms with Gasteiger partial charge in [-0.25, -0.2) is 0 Å². The minimum absolute atomic E-state index is 0.319. The average molecular weight is 280 g/mol. The van der Waals surface area contributed by atoms with Crippen LogP contribution in [0.15, 0.2) is 24.3 Å². The third-order valence-electron chi connectivity index (χ3n) is 3.41. The van der Waals surface area contributed by atoms with Gasteiger partial charge in [0, 0.05) is 13.3 Å². The van der Waals surface area contributed by atoms with Gasteiger partial charge in [-0.15, -0.1) is 0 Å². The average Bonchev–Trinajstić information content (AvgIpc) is 2.73. The predicted octanol–water partition coefficient (Wildman–Crippen LogP) is 1.66. The Kier molecular flexibility index (Phi) is 4.30. The lowest BCUT2D eigenvalue weighted by Crippen LogP contribution is -2.36. The van der Waals surface area contributed by atoms with Crippen LogP contribution in [-0.2, 0) is 4.79 Å². The SMILES string of the molecule is CC(=O)[C@@H](O)[C@H](O)CCCC1(C)Oc2ccccc2O1. The number of hydrogen-bond acceptors (Lipinski definition) is 5. The van der Waals surface area contributed by atoms with Crippen LogP contribution in [0.3, 0.4) is 0 Å². The van der Waals surface area contributed by atoms with Crippen molar-refractivity contribution in [1.82, 2.24) is 0 Å². The molecule has 0 saturated heterocycles. The van der Waals surface area contributed by atoms with Crippen molar-refractivity contribution in [2.24, 2.45) is 0 Å². The monoisotopic (exact) mass is 280 g/mol. The second kappa shape index (κ2) is 5.81. The fourth-order valence-electron chi connectivity index (χ4n) is 2.27. The van der Waals surface area contributed by atoms with E-state index in [1.807, 2.05) is 31.2 Å². The summed E-state index contributed by atoms with van der Waals surface area (Å²) in [5, 5.41) is 19.1. The smallest absolute Gasteiger partial charge is 0.248 e. The van der Waals surface area contributed by atoms with Crippen molar-refractivity contribution in [2.75, 3.05) is 0 Å². The number of rotatable bonds is 6. The van der Waals surface area contributed by atoms with Gasteiger partial charge in [-0.1, -0.05) is 12.1 Å². The molecule has 0 unspecified atom stereocenters. The molecule has 2 atom stereocenters. The molecule has 20 heavy (non-hydrogen) atoms. The summed E-state index contributed by atoms with van der Waals surface area (Å²) in [7, 11) is 0. The lowest BCUT2D eigenvalue weighted by molar-refractivity contribution is -0.131. The summed E-state index contributed by atoms with van der Waals surface area (Å²) in [5.41, 5.74) is 0. The number of hydrogen-bond donors (Lipinski definition) is 2. The summed E-state index contributed by atoms with van der Waals surface area (Å²) in [6.45, 7) is 3.09. The number of benzene rings is 1. The van der Waals surface area contributed by atoms with Crippen molar-refractivity contribution in [1.29, 1.82) is 0 Å². The van der Waals surface area contributed by atoms with E-state index < -0.39 is 23.8 Å². The fraction of sp³-hybridized carbons (Fsp3) is 0.533. The molecule has 0 fully saturated rings. The number of Topliss-reactive ketones (excluding diaryl/α,β-unsaturated/α-hetero) is 1. The summed E-state index contributed by atoms with van der Waals surface area (Å²) in [4.78, 5) is 11.0. The number of fused-ring (bicyclic) bond motifs is 1. The molecule has 0 bridgehead atoms. The van der Waals surface area contributed by atoms with Crippen molar-refractivity contribution in [2.45, 2.75) is 51.1 Å². The molecule has 1 aliphatic rings. The van der Waals surface area contributed by atoms with E-state index >= 15 is 0 Å². The van der Waals surface area contributed by atoms with Crippen LogP contribution in [0.2, 0.25) is 0 Å². The lowest BCUT2D eigenvalue weighted by Gasteiger charge is -2.24. The highest BCUT2D eigenvalue weighted by molar-refractivity contribution is 5.80. The van der Waals surface area contributed by atoms with Crippen molar-refractivity contribution >= 4 is 5.78 Å². The molecule has 0 radical (unpaired) electrons. The molecule has 2 rings (SSSR count). The van der Waals surface area contributed by atoms with E-state index in [-0.39, 0.29) is 0 Å². The first-order valence-electron chi connectivity index (χ1n) is 6.75. The fourth-order valence-corrected chi connectivity index (χ4v) is 2.27. The highest BCUT2D eigenvalue weighted by Crippen LogP contribution is 2.40. The molecule has 0 spiro atoms. The molecule has 1 heterocycles. The Morgan fingerprint density at radius 3 is 2.30 bits per heavy atom. The third kappa shape index (κ3) is 3.29. The maximum absolute atomic E-state index is 11.0. The highest BCUT2D eigenvalue weighted by Gasteiger charge is 2.36. The van der Waals surface area contributed by atoms with Gasteiger partial charge in [-0.2, -0.15) is 0 Å². The van der Waals surface area contributed by atoms with Gasteiger partial charge in [0.05, 0.1) is 6.10 Å². The predicted molar refractivity (Wildman–Crippen MR) is 72.6 cm³/mol. The van der Waals surface area contributed by atoms with Crippen molar-refractivity contribution in [3.63, 3.8) is 0 Å². The zero-order chi connectivity index (χ0) is 14.8. The number of ketones is 1. The molecular formula is C15H20O5. The lowest BCUT2D eigenvalue weighted by atomic mass is 10.0. The van der Waals surface area contributed by atoms with Gasteiger partial charge in [0.2, 0.25) is 5.79 Å². The number of carbonyl (C=O) groups is 1. The van der Waals surface area contributed by atoms with E-state index in [1.165, 1.54) is 6.92 Å². The van der Waals surface area contributed by atoms with Crippen LogP contribution in [-0.4, -0.2) is 34.0 Å². The normalized spacial score (nSPS) is 18.6. The van der Waals surface area contributed by atoms with Crippen molar-refractivity contribution in [3.8, 4) is 11.5 Å². The zero-order valence-electron chi connectivity index (χ0n) is 11.7. The first-order chi connectivity index (χ1) is 9.41. The highest BCUT2D eigenvalue weighted by atomic mass is 16.7. The number of para-hydroxylation sites is 2. The molecule has 5 nitrogen and oxygen atoms in total. The van der Waals surface area contributed by atoms with E-state index in [0.29, 0.717) is 30.8 Å². The number of ether oxygens (including phenoxy) is 2. The summed E-state index contributed by atoms with van der Waals surface area (Å²) >= 11 is 0. The number of carbonyl (C=O) groups excluding carboxylic acids is 1. The maximum atomic E-state index is 11.0. The number of aliphatic hydroxyl groups is 2. The van der Waals surface area contributed by atoms with Crippen LogP contribution >= 0.6 is 0 Å². The minimum Gasteiger partial charge on any atom is -0.449 e. The van der Waals surface area contributed by atoms with Gasteiger partial charge in [0.1, 0.15) is 6.10 Å². The van der Waals surface area contributed by atoms with Crippen LogP contribution < -0.4 is 9.47 Å². The van der Waals surface area contributed by atoms with Crippen LogP contribution in [0.4, 0.5) is 0 Å². The van der Waals surface area contributed by atoms with Crippen molar-refractivity contribution < 1.29 is 24.5 Å². The van der Waals surface area contributed by atoms with E-state index in [1.54, 1.807) is 0 Å². The van der Waals surface area contributed by atoms with Crippen LogP contribution in [0.1, 0.15) is 33.1 Å². The van der Waals surface area contributed by atoms with Gasteiger partial charge < -0.3 is 19.7 Å². The van der Waals surface area contributed by atoms with E-state index in [4.69, 9.17) is 9.47 Å². The molecule has 0 aliphatic carbocycles. The Morgan fingerprint density at radius 1 is 1.25 bits per heavy atom. The summed E-state index contributed by atoms with van der Waals surface area (Å²) in [6.07, 6.45) is -0.899. The molecule has 5 heteroatoms. The van der Waals surface area contributed by atoms with Crippen LogP contribution in [0, 0.1) is 0 Å². The largest absolute Gasteiger partial charge is 0.449 e. The Balaban J connectivity index is 1.82. The first kappa shape index (κ1) is 14.8. The van der Waals surface area contributed by atoms with Crippen molar-refractivity contribution in [3.05, 3.63) is 24.3 Å². The van der Waals surface area contributed by atoms with Gasteiger partial charge in [-0.05, 0) is 31.9 Å². The zero-order valence-corrected chi connectivity index (χ0v) is 11.7. The molecule has 1 aromatic carbocycles. The Labute approximate surface area is 118 Å². The van der Waals surface area contributed by atoms with Gasteiger partial charge in [0.15, 0.2) is 17.3 Å². The molecule has 2 N–H and O–H groups in total. The van der Waals surface area contributed by atoms with Gasteiger partial charge >= 0.3 is 0 Å². The summed E-state index contributed by atoms with van der Waals surface area (Å²) < 4.78 is 11.5. The topological polar surface area (TPSA) is 76.0 Å². The van der Waals surface area contributed by atoms with E-state index in [0.717, 1.165) is 0 Å². The molecule has 1 aromatic rings. The van der Waals surface area contributed by atoms with Gasteiger partial charge in [0.25, 0.3) is 0 Å². The Hall–Kier alpha value is -1.59. The second-order valence-electron chi connectivity index (χ2n) is 5.30. The van der Waals surface area contributed by atoms with Crippen LogP contribution in [0.25, 0.3) is 0 Å². The van der Waals surface area contributed by atoms with E-state index in [2.05, 4.69) is 0 Å². The molecule has 0 saturated carbocycles. The minimum atomic E-state index is -1.31. The molecule has 0 aromatic heterocycles. The first-order valence-corrected chi connectivity index (χ1v) is 6.75. The van der Waals surface area contributed by atoms with E-state index in [9.17, 15) is 15.0 Å². The molecule has 0 amide bonds. The Morgan fingerprint density at radius 2 is 1.80 bits per heavy atom. The molecule has 110 valence electrons. The quantitative estimate of drug-likeness (QED) is 0.828. The van der Waals surface area contributed by atoms with Crippen LogP contribution in [0.5, 0.6) is 11.5 Å². The third-order valence-corrected chi connectivity index (χ3v) is 3.41.